The van der Waals surface area contributed by atoms with Crippen LogP contribution in [0.2, 0.25) is 0 Å². The van der Waals surface area contributed by atoms with E-state index in [9.17, 15) is 9.90 Å². The maximum absolute atomic E-state index is 12.9. The average molecular weight is 405 g/mol. The van der Waals surface area contributed by atoms with Crippen molar-refractivity contribution in [1.29, 1.82) is 0 Å². The molecule has 1 amide bonds. The van der Waals surface area contributed by atoms with Crippen LogP contribution in [0.1, 0.15) is 60.0 Å². The van der Waals surface area contributed by atoms with Crippen molar-refractivity contribution in [2.45, 2.75) is 57.5 Å². The molecule has 1 saturated heterocycles. The number of fused-ring (bicyclic) bond motifs is 1. The van der Waals surface area contributed by atoms with E-state index in [0.717, 1.165) is 75.2 Å². The molecule has 0 aliphatic carbocycles. The van der Waals surface area contributed by atoms with Crippen molar-refractivity contribution in [3.8, 4) is 5.75 Å². The molecule has 0 radical (unpaired) electrons. The minimum Gasteiger partial charge on any atom is -0.493 e. The van der Waals surface area contributed by atoms with Crippen LogP contribution in [0, 0.1) is 6.92 Å². The van der Waals surface area contributed by atoms with E-state index in [0.29, 0.717) is 31.6 Å². The van der Waals surface area contributed by atoms with Gasteiger partial charge in [0.1, 0.15) is 5.75 Å². The summed E-state index contributed by atoms with van der Waals surface area (Å²) in [6.45, 7) is 6.58. The fourth-order valence-corrected chi connectivity index (χ4v) is 4.25. The Labute approximate surface area is 174 Å². The Balaban J connectivity index is 1.53. The molecular weight excluding hydrogens is 368 g/mol. The van der Waals surface area contributed by atoms with E-state index < -0.39 is 5.60 Å². The third kappa shape index (κ3) is 6.17. The van der Waals surface area contributed by atoms with Crippen LogP contribution in [0.15, 0.2) is 12.1 Å². The first kappa shape index (κ1) is 22.1. The molecule has 6 heteroatoms. The van der Waals surface area contributed by atoms with Gasteiger partial charge in [0.2, 0.25) is 0 Å². The molecule has 6 nitrogen and oxygen atoms in total. The van der Waals surface area contributed by atoms with Crippen molar-refractivity contribution in [3.05, 3.63) is 28.8 Å². The van der Waals surface area contributed by atoms with E-state index in [1.165, 1.54) is 0 Å². The van der Waals surface area contributed by atoms with Gasteiger partial charge in [-0.25, -0.2) is 0 Å². The summed E-state index contributed by atoms with van der Waals surface area (Å²) in [7, 11) is 1.73. The second-order valence-electron chi connectivity index (χ2n) is 8.54. The van der Waals surface area contributed by atoms with E-state index in [-0.39, 0.29) is 5.91 Å². The molecule has 1 fully saturated rings. The summed E-state index contributed by atoms with van der Waals surface area (Å²) in [4.78, 5) is 15.3. The fourth-order valence-electron chi connectivity index (χ4n) is 4.25. The van der Waals surface area contributed by atoms with E-state index in [2.05, 4.69) is 10.2 Å². The maximum atomic E-state index is 12.9. The molecule has 2 aliphatic rings. The lowest BCUT2D eigenvalue weighted by Crippen LogP contribution is -2.51. The predicted octanol–water partition coefficient (Wildman–Crippen LogP) is 2.69. The molecule has 0 bridgehead atoms. The van der Waals surface area contributed by atoms with Crippen molar-refractivity contribution in [1.82, 2.24) is 10.2 Å². The molecule has 0 spiro atoms. The highest BCUT2D eigenvalue weighted by Gasteiger charge is 2.32. The predicted molar refractivity (Wildman–Crippen MR) is 114 cm³/mol. The van der Waals surface area contributed by atoms with Crippen LogP contribution >= 0.6 is 0 Å². The largest absolute Gasteiger partial charge is 0.493 e. The number of hydrogen-bond donors (Lipinski definition) is 2. The normalized spacial score (nSPS) is 19.1. The van der Waals surface area contributed by atoms with Crippen LogP contribution < -0.4 is 10.1 Å². The van der Waals surface area contributed by atoms with Gasteiger partial charge in [0, 0.05) is 44.5 Å². The molecule has 0 aromatic heterocycles. The van der Waals surface area contributed by atoms with Crippen molar-refractivity contribution in [2.75, 3.05) is 46.5 Å². The fraction of sp³-hybridized carbons (Fsp3) is 0.696. The summed E-state index contributed by atoms with van der Waals surface area (Å²) in [6, 6.07) is 3.96. The molecule has 0 saturated carbocycles. The van der Waals surface area contributed by atoms with Crippen molar-refractivity contribution in [2.24, 2.45) is 0 Å². The molecule has 3 rings (SSSR count). The number of aryl methyl sites for hydroxylation is 1. The minimum absolute atomic E-state index is 0.106. The SMILES string of the molecule is COCCCCN1CCC(O)(CNC(=O)c2cc(C)cc3c2CCCCO3)CC1. The van der Waals surface area contributed by atoms with Crippen LogP contribution in [-0.2, 0) is 11.2 Å². The number of unbranched alkanes of at least 4 members (excludes halogenated alkanes) is 1. The monoisotopic (exact) mass is 404 g/mol. The van der Waals surface area contributed by atoms with Crippen LogP contribution in [0.4, 0.5) is 0 Å². The molecule has 1 aromatic rings. The Hall–Kier alpha value is -1.63. The molecule has 2 heterocycles. The number of ether oxygens (including phenoxy) is 2. The summed E-state index contributed by atoms with van der Waals surface area (Å²) < 4.78 is 10.9. The van der Waals surface area contributed by atoms with Gasteiger partial charge in [-0.2, -0.15) is 0 Å². The van der Waals surface area contributed by atoms with Gasteiger partial charge in [-0.05, 0) is 76.1 Å². The summed E-state index contributed by atoms with van der Waals surface area (Å²) in [6.07, 6.45) is 6.46. The highest BCUT2D eigenvalue weighted by Crippen LogP contribution is 2.29. The Morgan fingerprint density at radius 2 is 2.07 bits per heavy atom. The van der Waals surface area contributed by atoms with Crippen LogP contribution in [-0.4, -0.2) is 68.0 Å². The Morgan fingerprint density at radius 1 is 1.28 bits per heavy atom. The van der Waals surface area contributed by atoms with E-state index in [4.69, 9.17) is 9.47 Å². The summed E-state index contributed by atoms with van der Waals surface area (Å²) in [5.41, 5.74) is 1.90. The van der Waals surface area contributed by atoms with Crippen LogP contribution in [0.3, 0.4) is 0 Å². The zero-order valence-corrected chi connectivity index (χ0v) is 18.0. The number of benzene rings is 1. The molecule has 0 unspecified atom stereocenters. The van der Waals surface area contributed by atoms with Gasteiger partial charge in [-0.15, -0.1) is 0 Å². The molecule has 1 aromatic carbocycles. The summed E-state index contributed by atoms with van der Waals surface area (Å²) in [5, 5.41) is 13.9. The lowest BCUT2D eigenvalue weighted by molar-refractivity contribution is -0.0194. The van der Waals surface area contributed by atoms with Gasteiger partial charge >= 0.3 is 0 Å². The first-order valence-corrected chi connectivity index (χ1v) is 11.0. The molecule has 2 N–H and O–H groups in total. The van der Waals surface area contributed by atoms with Gasteiger partial charge in [0.05, 0.1) is 12.2 Å². The van der Waals surface area contributed by atoms with E-state index in [1.807, 2.05) is 19.1 Å². The van der Waals surface area contributed by atoms with Crippen LogP contribution in [0.5, 0.6) is 5.75 Å². The highest BCUT2D eigenvalue weighted by atomic mass is 16.5. The number of nitrogens with zero attached hydrogens (tertiary/aromatic N) is 1. The number of methoxy groups -OCH3 is 1. The Morgan fingerprint density at radius 3 is 2.83 bits per heavy atom. The van der Waals surface area contributed by atoms with Crippen molar-refractivity contribution < 1.29 is 19.4 Å². The number of carbonyl (C=O) groups is 1. The number of nitrogens with one attached hydrogen (secondary N) is 1. The number of aliphatic hydroxyl groups is 1. The maximum Gasteiger partial charge on any atom is 0.251 e. The number of carbonyl (C=O) groups excluding carboxylic acids is 1. The third-order valence-corrected chi connectivity index (χ3v) is 6.11. The third-order valence-electron chi connectivity index (χ3n) is 6.11. The van der Waals surface area contributed by atoms with Gasteiger partial charge in [0.25, 0.3) is 5.91 Å². The quantitative estimate of drug-likeness (QED) is 0.652. The summed E-state index contributed by atoms with van der Waals surface area (Å²) >= 11 is 0. The highest BCUT2D eigenvalue weighted by molar-refractivity contribution is 5.96. The number of hydrogen-bond acceptors (Lipinski definition) is 5. The summed E-state index contributed by atoms with van der Waals surface area (Å²) in [5.74, 6) is 0.735. The molecule has 162 valence electrons. The number of likely N-dealkylation sites (tertiary alicyclic amines) is 1. The molecular formula is C23H36N2O4. The van der Waals surface area contributed by atoms with Gasteiger partial charge in [-0.3, -0.25) is 4.79 Å². The van der Waals surface area contributed by atoms with Crippen molar-refractivity contribution in [3.63, 3.8) is 0 Å². The standard InChI is InChI=1S/C23H36N2O4/c1-18-15-20(19-7-3-5-14-29-21(19)16-18)22(26)24-17-23(27)8-11-25(12-9-23)10-4-6-13-28-2/h15-16,27H,3-14,17H2,1-2H3,(H,24,26). The number of piperidine rings is 1. The van der Waals surface area contributed by atoms with E-state index >= 15 is 0 Å². The first-order valence-electron chi connectivity index (χ1n) is 11.0. The first-order chi connectivity index (χ1) is 14.0. The number of amides is 1. The Kier molecular flexibility index (Phi) is 7.92. The minimum atomic E-state index is -0.823. The number of rotatable bonds is 8. The molecule has 0 atom stereocenters. The van der Waals surface area contributed by atoms with Gasteiger partial charge < -0.3 is 24.8 Å². The molecule has 29 heavy (non-hydrogen) atoms. The van der Waals surface area contributed by atoms with Gasteiger partial charge in [-0.1, -0.05) is 0 Å². The second kappa shape index (κ2) is 10.4. The van der Waals surface area contributed by atoms with Gasteiger partial charge in [0.15, 0.2) is 0 Å². The second-order valence-corrected chi connectivity index (χ2v) is 8.54. The van der Waals surface area contributed by atoms with Crippen LogP contribution in [0.25, 0.3) is 0 Å². The molecule has 2 aliphatic heterocycles. The topological polar surface area (TPSA) is 71.0 Å². The zero-order chi connectivity index (χ0) is 20.7. The Bertz CT molecular complexity index is 684. The lowest BCUT2D eigenvalue weighted by atomic mass is 9.91. The van der Waals surface area contributed by atoms with Crippen molar-refractivity contribution >= 4 is 5.91 Å². The average Bonchev–Trinajstić information content (AvgIpc) is 2.96. The van der Waals surface area contributed by atoms with E-state index in [1.54, 1.807) is 7.11 Å². The zero-order valence-electron chi connectivity index (χ0n) is 18.0. The smallest absolute Gasteiger partial charge is 0.251 e. The lowest BCUT2D eigenvalue weighted by Gasteiger charge is -2.38.